The Kier molecular flexibility index (Phi) is 5.97. The Morgan fingerprint density at radius 2 is 1.50 bits per heavy atom. The Morgan fingerprint density at radius 1 is 0.889 bits per heavy atom. The Bertz CT molecular complexity index is 221. The van der Waals surface area contributed by atoms with Gasteiger partial charge in [-0.3, -0.25) is 4.90 Å². The highest BCUT2D eigenvalue weighted by Gasteiger charge is 2.32. The van der Waals surface area contributed by atoms with Crippen LogP contribution in [0.3, 0.4) is 0 Å². The van der Waals surface area contributed by atoms with Crippen molar-refractivity contribution in [2.45, 2.75) is 83.2 Å². The molecule has 0 aromatic heterocycles. The van der Waals surface area contributed by atoms with E-state index < -0.39 is 0 Å². The summed E-state index contributed by atoms with van der Waals surface area (Å²) >= 11 is 0. The Balaban J connectivity index is 2.00. The van der Waals surface area contributed by atoms with Crippen LogP contribution in [0.25, 0.3) is 0 Å². The van der Waals surface area contributed by atoms with Gasteiger partial charge in [0.15, 0.2) is 0 Å². The maximum Gasteiger partial charge on any atom is 0.0138 e. The smallest absolute Gasteiger partial charge is 0.0138 e. The third-order valence-corrected chi connectivity index (χ3v) is 5.26. The van der Waals surface area contributed by atoms with Gasteiger partial charge >= 0.3 is 0 Å². The lowest BCUT2D eigenvalue weighted by Gasteiger charge is -2.43. The summed E-state index contributed by atoms with van der Waals surface area (Å²) in [6.07, 6.45) is 14.3. The maximum atomic E-state index is 6.02. The van der Waals surface area contributed by atoms with Crippen molar-refractivity contribution in [2.24, 2.45) is 11.7 Å². The average molecular weight is 252 g/mol. The van der Waals surface area contributed by atoms with Crippen molar-refractivity contribution >= 4 is 0 Å². The van der Waals surface area contributed by atoms with Crippen LogP contribution in [0.4, 0.5) is 0 Å². The van der Waals surface area contributed by atoms with Crippen molar-refractivity contribution in [1.29, 1.82) is 0 Å². The maximum absolute atomic E-state index is 6.02. The van der Waals surface area contributed by atoms with E-state index in [-0.39, 0.29) is 0 Å². The molecule has 0 saturated heterocycles. The summed E-state index contributed by atoms with van der Waals surface area (Å²) in [6.45, 7) is 4.48. The molecule has 0 aromatic rings. The minimum atomic E-state index is 0.766. The van der Waals surface area contributed by atoms with E-state index in [0.717, 1.165) is 24.5 Å². The lowest BCUT2D eigenvalue weighted by molar-refractivity contribution is 0.0633. The molecule has 2 unspecified atom stereocenters. The molecule has 106 valence electrons. The first-order valence-electron chi connectivity index (χ1n) is 8.32. The van der Waals surface area contributed by atoms with Gasteiger partial charge in [0.1, 0.15) is 0 Å². The number of rotatable bonds is 4. The van der Waals surface area contributed by atoms with Crippen LogP contribution in [0.2, 0.25) is 0 Å². The topological polar surface area (TPSA) is 29.3 Å². The molecule has 2 saturated carbocycles. The van der Waals surface area contributed by atoms with Crippen LogP contribution >= 0.6 is 0 Å². The monoisotopic (exact) mass is 252 g/mol. The minimum absolute atomic E-state index is 0.766. The van der Waals surface area contributed by atoms with Crippen LogP contribution in [-0.2, 0) is 0 Å². The van der Waals surface area contributed by atoms with E-state index in [1.165, 1.54) is 70.8 Å². The van der Waals surface area contributed by atoms with E-state index in [4.69, 9.17) is 5.73 Å². The molecule has 2 fully saturated rings. The van der Waals surface area contributed by atoms with Crippen molar-refractivity contribution in [3.05, 3.63) is 0 Å². The van der Waals surface area contributed by atoms with E-state index in [9.17, 15) is 0 Å². The highest BCUT2D eigenvalue weighted by molar-refractivity contribution is 4.87. The van der Waals surface area contributed by atoms with E-state index in [0.29, 0.717) is 0 Å². The fourth-order valence-corrected chi connectivity index (χ4v) is 4.25. The molecule has 18 heavy (non-hydrogen) atoms. The summed E-state index contributed by atoms with van der Waals surface area (Å²) in [5.41, 5.74) is 6.02. The largest absolute Gasteiger partial charge is 0.330 e. The van der Waals surface area contributed by atoms with Gasteiger partial charge in [-0.2, -0.15) is 0 Å². The van der Waals surface area contributed by atoms with Crippen molar-refractivity contribution in [2.75, 3.05) is 13.1 Å². The number of hydrogen-bond acceptors (Lipinski definition) is 2. The quantitative estimate of drug-likeness (QED) is 0.775. The van der Waals surface area contributed by atoms with Gasteiger partial charge in [-0.25, -0.2) is 0 Å². The van der Waals surface area contributed by atoms with Crippen molar-refractivity contribution in [3.8, 4) is 0 Å². The van der Waals surface area contributed by atoms with Crippen LogP contribution < -0.4 is 5.73 Å². The van der Waals surface area contributed by atoms with Crippen LogP contribution in [0, 0.1) is 5.92 Å². The SMILES string of the molecule is CCN(C1CCCCCC1)C1CCCCC1CN. The average Bonchev–Trinajstić information content (AvgIpc) is 2.69. The molecule has 2 nitrogen and oxygen atoms in total. The summed E-state index contributed by atoms with van der Waals surface area (Å²) < 4.78 is 0. The zero-order chi connectivity index (χ0) is 12.8. The van der Waals surface area contributed by atoms with Gasteiger partial charge < -0.3 is 5.73 Å². The molecular weight excluding hydrogens is 220 g/mol. The van der Waals surface area contributed by atoms with Crippen molar-refractivity contribution < 1.29 is 0 Å². The Morgan fingerprint density at radius 3 is 2.11 bits per heavy atom. The highest BCUT2D eigenvalue weighted by atomic mass is 15.2. The second kappa shape index (κ2) is 7.49. The molecule has 2 heteroatoms. The molecular formula is C16H32N2. The standard InChI is InChI=1S/C16H32N2/c1-2-18(15-10-5-3-4-6-11-15)16-12-8-7-9-14(16)13-17/h14-16H,2-13,17H2,1H3. The second-order valence-electron chi connectivity index (χ2n) is 6.32. The molecule has 0 heterocycles. The van der Waals surface area contributed by atoms with Gasteiger partial charge in [0, 0.05) is 12.1 Å². The van der Waals surface area contributed by atoms with E-state index in [1.807, 2.05) is 0 Å². The van der Waals surface area contributed by atoms with Gasteiger partial charge in [0.2, 0.25) is 0 Å². The molecule has 0 spiro atoms. The van der Waals surface area contributed by atoms with Gasteiger partial charge in [-0.15, -0.1) is 0 Å². The summed E-state index contributed by atoms with van der Waals surface area (Å²) in [4.78, 5) is 2.84. The third kappa shape index (κ3) is 3.48. The summed E-state index contributed by atoms with van der Waals surface area (Å²) in [6, 6.07) is 1.64. The normalized spacial score (nSPS) is 31.5. The van der Waals surface area contributed by atoms with Gasteiger partial charge in [-0.05, 0) is 44.7 Å². The van der Waals surface area contributed by atoms with E-state index >= 15 is 0 Å². The van der Waals surface area contributed by atoms with Crippen molar-refractivity contribution in [1.82, 2.24) is 4.90 Å². The molecule has 2 aliphatic carbocycles. The lowest BCUT2D eigenvalue weighted by atomic mass is 9.82. The predicted molar refractivity (Wildman–Crippen MR) is 78.7 cm³/mol. The molecule has 0 aliphatic heterocycles. The van der Waals surface area contributed by atoms with Gasteiger partial charge in [0.25, 0.3) is 0 Å². The first-order valence-corrected chi connectivity index (χ1v) is 8.32. The zero-order valence-corrected chi connectivity index (χ0v) is 12.2. The molecule has 2 aliphatic rings. The molecule has 0 amide bonds. The van der Waals surface area contributed by atoms with Crippen LogP contribution in [0.5, 0.6) is 0 Å². The first-order chi connectivity index (χ1) is 8.86. The lowest BCUT2D eigenvalue weighted by Crippen LogP contribution is -2.49. The third-order valence-electron chi connectivity index (χ3n) is 5.26. The van der Waals surface area contributed by atoms with Gasteiger partial charge in [-0.1, -0.05) is 45.4 Å². The number of hydrogen-bond donors (Lipinski definition) is 1. The fourth-order valence-electron chi connectivity index (χ4n) is 4.25. The molecule has 0 bridgehead atoms. The minimum Gasteiger partial charge on any atom is -0.330 e. The summed E-state index contributed by atoms with van der Waals surface area (Å²) in [7, 11) is 0. The fraction of sp³-hybridized carbons (Fsp3) is 1.00. The number of nitrogens with zero attached hydrogens (tertiary/aromatic N) is 1. The second-order valence-corrected chi connectivity index (χ2v) is 6.32. The predicted octanol–water partition coefficient (Wildman–Crippen LogP) is 3.55. The molecule has 0 radical (unpaired) electrons. The Hall–Kier alpha value is -0.0800. The number of nitrogens with two attached hydrogens (primary N) is 1. The van der Waals surface area contributed by atoms with Crippen LogP contribution in [0.1, 0.15) is 71.1 Å². The summed E-state index contributed by atoms with van der Waals surface area (Å²) in [5.74, 6) is 0.766. The Labute approximate surface area is 113 Å². The molecule has 0 aromatic carbocycles. The van der Waals surface area contributed by atoms with E-state index in [2.05, 4.69) is 11.8 Å². The zero-order valence-electron chi connectivity index (χ0n) is 12.2. The first kappa shape index (κ1) is 14.3. The van der Waals surface area contributed by atoms with Gasteiger partial charge in [0.05, 0.1) is 0 Å². The highest BCUT2D eigenvalue weighted by Crippen LogP contribution is 2.32. The summed E-state index contributed by atoms with van der Waals surface area (Å²) in [5, 5.41) is 0. The van der Waals surface area contributed by atoms with Crippen LogP contribution in [0.15, 0.2) is 0 Å². The molecule has 2 rings (SSSR count). The van der Waals surface area contributed by atoms with E-state index in [1.54, 1.807) is 0 Å². The molecule has 2 N–H and O–H groups in total. The van der Waals surface area contributed by atoms with Crippen LogP contribution in [-0.4, -0.2) is 30.1 Å². The molecule has 2 atom stereocenters. The van der Waals surface area contributed by atoms with Crippen molar-refractivity contribution in [3.63, 3.8) is 0 Å².